The number of carbonyl (C=O) groups is 1. The highest BCUT2D eigenvalue weighted by Crippen LogP contribution is 2.21. The molecule has 0 radical (unpaired) electrons. The molecule has 2 aromatic rings. The van der Waals surface area contributed by atoms with Gasteiger partial charge in [-0.3, -0.25) is 9.80 Å². The van der Waals surface area contributed by atoms with Crippen LogP contribution in [-0.2, 0) is 4.79 Å². The number of aliphatic hydroxyl groups is 1. The van der Waals surface area contributed by atoms with Gasteiger partial charge in [-0.25, -0.2) is 0 Å². The van der Waals surface area contributed by atoms with Crippen LogP contribution >= 0.6 is 0 Å². The Morgan fingerprint density at radius 2 is 1.88 bits per heavy atom. The Balaban J connectivity index is 1.95. The van der Waals surface area contributed by atoms with Crippen LogP contribution in [0.25, 0.3) is 0 Å². The molecule has 5 nitrogen and oxygen atoms in total. The maximum absolute atomic E-state index is 12.6. The van der Waals surface area contributed by atoms with Crippen LogP contribution in [0.5, 0.6) is 0 Å². The first-order chi connectivity index (χ1) is 12.6. The topological polar surface area (TPSA) is 64.9 Å². The van der Waals surface area contributed by atoms with E-state index in [1.165, 1.54) is 5.56 Å². The van der Waals surface area contributed by atoms with Crippen LogP contribution in [0, 0.1) is 6.92 Å². The van der Waals surface area contributed by atoms with Gasteiger partial charge in [0.2, 0.25) is 5.91 Å². The molecule has 26 heavy (non-hydrogen) atoms. The zero-order valence-electron chi connectivity index (χ0n) is 15.0. The highest BCUT2D eigenvalue weighted by Gasteiger charge is 2.22. The third-order valence-corrected chi connectivity index (χ3v) is 4.20. The average molecular weight is 349 g/mol. The maximum Gasteiger partial charge on any atom is 0.249 e. The number of allylic oxidation sites excluding steroid dienone is 1. The van der Waals surface area contributed by atoms with Gasteiger partial charge in [-0.15, -0.1) is 0 Å². The molecule has 1 atom stereocenters. The molecule has 3 rings (SSSR count). The number of hydrogen-bond donors (Lipinski definition) is 2. The molecule has 1 aliphatic heterocycles. The summed E-state index contributed by atoms with van der Waals surface area (Å²) in [7, 11) is 0. The Morgan fingerprint density at radius 3 is 2.54 bits per heavy atom. The summed E-state index contributed by atoms with van der Waals surface area (Å²) in [5.74, 6) is -0.188. The minimum absolute atomic E-state index is 0.0969. The van der Waals surface area contributed by atoms with Gasteiger partial charge in [-0.05, 0) is 32.1 Å². The van der Waals surface area contributed by atoms with E-state index >= 15 is 0 Å². The molecule has 5 heteroatoms. The summed E-state index contributed by atoms with van der Waals surface area (Å²) in [6, 6.07) is 17.5. The van der Waals surface area contributed by atoms with Crippen molar-refractivity contribution in [2.45, 2.75) is 19.9 Å². The highest BCUT2D eigenvalue weighted by atomic mass is 16.3. The van der Waals surface area contributed by atoms with E-state index in [4.69, 9.17) is 5.10 Å². The van der Waals surface area contributed by atoms with Crippen molar-refractivity contribution >= 4 is 17.3 Å². The van der Waals surface area contributed by atoms with Crippen molar-refractivity contribution < 1.29 is 9.90 Å². The maximum atomic E-state index is 12.6. The fourth-order valence-corrected chi connectivity index (χ4v) is 2.68. The van der Waals surface area contributed by atoms with Crippen molar-refractivity contribution in [2.75, 3.05) is 18.2 Å². The molecule has 1 aliphatic rings. The van der Waals surface area contributed by atoms with Gasteiger partial charge in [0.05, 0.1) is 24.6 Å². The normalized spacial score (nSPS) is 15.1. The molecule has 1 heterocycles. The second kappa shape index (κ2) is 7.97. The molecule has 0 aliphatic carbocycles. The number of aryl methyl sites for hydroxylation is 1. The van der Waals surface area contributed by atoms with Gasteiger partial charge in [-0.2, -0.15) is 5.10 Å². The lowest BCUT2D eigenvalue weighted by Gasteiger charge is -2.26. The van der Waals surface area contributed by atoms with Crippen LogP contribution in [0.3, 0.4) is 0 Å². The summed E-state index contributed by atoms with van der Waals surface area (Å²) in [6.45, 7) is 4.09. The number of para-hydroxylation sites is 1. The first-order valence-electron chi connectivity index (χ1n) is 8.67. The van der Waals surface area contributed by atoms with Crippen LogP contribution in [0.2, 0.25) is 0 Å². The lowest BCUT2D eigenvalue weighted by Crippen LogP contribution is -2.40. The van der Waals surface area contributed by atoms with E-state index in [2.05, 4.69) is 5.32 Å². The molecule has 0 bridgehead atoms. The average Bonchev–Trinajstić information content (AvgIpc) is 2.68. The molecular weight excluding hydrogens is 326 g/mol. The third-order valence-electron chi connectivity index (χ3n) is 4.20. The smallest absolute Gasteiger partial charge is 0.249 e. The summed E-state index contributed by atoms with van der Waals surface area (Å²) >= 11 is 0. The van der Waals surface area contributed by atoms with Crippen molar-refractivity contribution in [2.24, 2.45) is 5.10 Å². The zero-order chi connectivity index (χ0) is 18.5. The first-order valence-corrected chi connectivity index (χ1v) is 8.67. The standard InChI is InChI=1S/C21H23N3O2/c1-15-8-10-17(11-9-15)20-12-18(21(26)22-16(2)14-25)13-24(23-20)19-6-4-3-5-7-19/h3-12,16,25H,13-14H2,1-2H3,(H,22,26). The van der Waals surface area contributed by atoms with Gasteiger partial charge in [0, 0.05) is 17.2 Å². The lowest BCUT2D eigenvalue weighted by atomic mass is 10.0. The van der Waals surface area contributed by atoms with E-state index < -0.39 is 0 Å². The highest BCUT2D eigenvalue weighted by molar-refractivity contribution is 6.14. The van der Waals surface area contributed by atoms with Crippen molar-refractivity contribution in [1.82, 2.24) is 5.32 Å². The number of carbonyl (C=O) groups excluding carboxylic acids is 1. The number of hydrazone groups is 1. The van der Waals surface area contributed by atoms with Gasteiger partial charge in [0.1, 0.15) is 0 Å². The number of nitrogens with one attached hydrogen (secondary N) is 1. The Hall–Kier alpha value is -2.92. The SMILES string of the molecule is Cc1ccc(C2=NN(c3ccccc3)CC(C(=O)NC(C)CO)=C2)cc1. The Bertz CT molecular complexity index is 826. The summed E-state index contributed by atoms with van der Waals surface area (Å²) in [6.07, 6.45) is 1.82. The minimum Gasteiger partial charge on any atom is -0.394 e. The van der Waals surface area contributed by atoms with E-state index in [1.807, 2.05) is 72.6 Å². The molecule has 0 spiro atoms. The summed E-state index contributed by atoms with van der Waals surface area (Å²) < 4.78 is 0. The van der Waals surface area contributed by atoms with Crippen LogP contribution < -0.4 is 10.3 Å². The summed E-state index contributed by atoms with van der Waals surface area (Å²) in [5.41, 5.74) is 4.40. The van der Waals surface area contributed by atoms with Gasteiger partial charge in [-0.1, -0.05) is 48.0 Å². The van der Waals surface area contributed by atoms with E-state index in [0.717, 1.165) is 17.0 Å². The van der Waals surface area contributed by atoms with Crippen LogP contribution in [-0.4, -0.2) is 35.9 Å². The number of rotatable bonds is 5. The van der Waals surface area contributed by atoms with Crippen molar-refractivity contribution in [3.05, 3.63) is 77.4 Å². The predicted molar refractivity (Wildman–Crippen MR) is 104 cm³/mol. The summed E-state index contributed by atoms with van der Waals surface area (Å²) in [5, 5.41) is 18.6. The molecule has 1 unspecified atom stereocenters. The number of hydrogen-bond acceptors (Lipinski definition) is 4. The fraction of sp³-hybridized carbons (Fsp3) is 0.238. The zero-order valence-corrected chi connectivity index (χ0v) is 15.0. The molecule has 1 amide bonds. The first kappa shape index (κ1) is 17.9. The molecule has 2 aromatic carbocycles. The van der Waals surface area contributed by atoms with Crippen molar-refractivity contribution in [1.29, 1.82) is 0 Å². The molecular formula is C21H23N3O2. The largest absolute Gasteiger partial charge is 0.394 e. The van der Waals surface area contributed by atoms with E-state index in [-0.39, 0.29) is 18.6 Å². The van der Waals surface area contributed by atoms with Gasteiger partial charge in [0.15, 0.2) is 0 Å². The van der Waals surface area contributed by atoms with E-state index in [0.29, 0.717) is 12.1 Å². The van der Waals surface area contributed by atoms with E-state index in [9.17, 15) is 9.90 Å². The van der Waals surface area contributed by atoms with Crippen LogP contribution in [0.15, 0.2) is 71.3 Å². The number of aliphatic hydroxyl groups excluding tert-OH is 1. The predicted octanol–water partition coefficient (Wildman–Crippen LogP) is 2.64. The molecule has 0 saturated heterocycles. The lowest BCUT2D eigenvalue weighted by molar-refractivity contribution is -0.118. The van der Waals surface area contributed by atoms with Gasteiger partial charge >= 0.3 is 0 Å². The molecule has 0 aromatic heterocycles. The Morgan fingerprint density at radius 1 is 1.19 bits per heavy atom. The minimum atomic E-state index is -0.296. The monoisotopic (exact) mass is 349 g/mol. The second-order valence-corrected chi connectivity index (χ2v) is 6.47. The Labute approximate surface area is 153 Å². The van der Waals surface area contributed by atoms with Gasteiger partial charge in [0.25, 0.3) is 0 Å². The number of anilines is 1. The second-order valence-electron chi connectivity index (χ2n) is 6.47. The molecule has 134 valence electrons. The number of amides is 1. The number of benzene rings is 2. The Kier molecular flexibility index (Phi) is 5.49. The van der Waals surface area contributed by atoms with Crippen molar-refractivity contribution in [3.63, 3.8) is 0 Å². The molecule has 2 N–H and O–H groups in total. The summed E-state index contributed by atoms with van der Waals surface area (Å²) in [4.78, 5) is 12.6. The van der Waals surface area contributed by atoms with Crippen LogP contribution in [0.1, 0.15) is 18.1 Å². The van der Waals surface area contributed by atoms with Crippen LogP contribution in [0.4, 0.5) is 5.69 Å². The third kappa shape index (κ3) is 4.18. The molecule has 0 saturated carbocycles. The number of nitrogens with zero attached hydrogens (tertiary/aromatic N) is 2. The van der Waals surface area contributed by atoms with Gasteiger partial charge < -0.3 is 10.4 Å². The van der Waals surface area contributed by atoms with E-state index in [1.54, 1.807) is 6.92 Å². The molecule has 0 fully saturated rings. The van der Waals surface area contributed by atoms with Crippen molar-refractivity contribution in [3.8, 4) is 0 Å². The quantitative estimate of drug-likeness (QED) is 0.872. The fourth-order valence-electron chi connectivity index (χ4n) is 2.68.